The molecule has 1 aromatic heterocycles. The number of hydrogen-bond acceptors (Lipinski definition) is 4. The third-order valence-corrected chi connectivity index (χ3v) is 5.36. The van der Waals surface area contributed by atoms with E-state index in [4.69, 9.17) is 4.74 Å². The van der Waals surface area contributed by atoms with E-state index < -0.39 is 5.97 Å². The number of nitrogens with zero attached hydrogens (tertiary/aromatic N) is 1. The summed E-state index contributed by atoms with van der Waals surface area (Å²) in [6.07, 6.45) is 0. The molecule has 0 bridgehead atoms. The zero-order valence-electron chi connectivity index (χ0n) is 14.4. The lowest BCUT2D eigenvalue weighted by molar-refractivity contribution is -0.135. The van der Waals surface area contributed by atoms with Crippen LogP contribution >= 0.6 is 11.3 Å². The number of fused-ring (bicyclic) bond motifs is 1. The Bertz CT molecular complexity index is 939. The van der Waals surface area contributed by atoms with Gasteiger partial charge >= 0.3 is 5.97 Å². The predicted octanol–water partition coefficient (Wildman–Crippen LogP) is 4.42. The molecule has 0 saturated heterocycles. The van der Waals surface area contributed by atoms with Gasteiger partial charge in [0.05, 0.1) is 6.04 Å². The van der Waals surface area contributed by atoms with Crippen LogP contribution in [0.4, 0.5) is 4.39 Å². The Morgan fingerprint density at radius 3 is 2.62 bits per heavy atom. The van der Waals surface area contributed by atoms with E-state index in [1.54, 1.807) is 24.1 Å². The molecule has 0 spiro atoms. The van der Waals surface area contributed by atoms with Gasteiger partial charge < -0.3 is 9.64 Å². The number of rotatable bonds is 5. The first-order valence-corrected chi connectivity index (χ1v) is 8.94. The molecule has 0 radical (unpaired) electrons. The monoisotopic (exact) mass is 371 g/mol. The number of thiophene rings is 1. The summed E-state index contributed by atoms with van der Waals surface area (Å²) in [7, 11) is 1.68. The fourth-order valence-electron chi connectivity index (χ4n) is 2.59. The Balaban J connectivity index is 1.61. The maximum Gasteiger partial charge on any atom is 0.348 e. The van der Waals surface area contributed by atoms with Crippen LogP contribution in [-0.4, -0.2) is 30.4 Å². The third kappa shape index (κ3) is 3.91. The number of hydrogen-bond donors (Lipinski definition) is 0. The van der Waals surface area contributed by atoms with Gasteiger partial charge in [-0.15, -0.1) is 11.3 Å². The molecule has 0 saturated carbocycles. The number of amides is 1. The first kappa shape index (κ1) is 18.1. The van der Waals surface area contributed by atoms with E-state index in [1.165, 1.54) is 23.5 Å². The Morgan fingerprint density at radius 1 is 1.15 bits per heavy atom. The number of carbonyl (C=O) groups excluding carboxylic acids is 2. The second-order valence-corrected chi connectivity index (χ2v) is 7.04. The summed E-state index contributed by atoms with van der Waals surface area (Å²) in [6.45, 7) is 1.57. The largest absolute Gasteiger partial charge is 0.451 e. The summed E-state index contributed by atoms with van der Waals surface area (Å²) in [4.78, 5) is 26.4. The molecule has 0 unspecified atom stereocenters. The van der Waals surface area contributed by atoms with Gasteiger partial charge in [-0.2, -0.15) is 0 Å². The van der Waals surface area contributed by atoms with Gasteiger partial charge in [-0.25, -0.2) is 9.18 Å². The highest BCUT2D eigenvalue weighted by Crippen LogP contribution is 2.27. The van der Waals surface area contributed by atoms with E-state index in [1.807, 2.05) is 37.3 Å². The number of esters is 1. The van der Waals surface area contributed by atoms with E-state index >= 15 is 0 Å². The highest BCUT2D eigenvalue weighted by molar-refractivity contribution is 7.20. The molecule has 0 aliphatic heterocycles. The standard InChI is InChI=1S/C20H18FNO3S/c1-13(14-6-4-3-5-7-14)22(2)19(23)12-25-20(24)18-11-15-10-16(21)8-9-17(15)26-18/h3-11,13H,12H2,1-2H3/t13-/m0/s1. The van der Waals surface area contributed by atoms with Crippen molar-refractivity contribution in [3.05, 3.63) is 70.9 Å². The molecule has 2 aromatic carbocycles. The van der Waals surface area contributed by atoms with Crippen molar-refractivity contribution >= 4 is 33.3 Å². The lowest BCUT2D eigenvalue weighted by atomic mass is 10.1. The Hall–Kier alpha value is -2.73. The van der Waals surface area contributed by atoms with Crippen LogP contribution in [-0.2, 0) is 9.53 Å². The van der Waals surface area contributed by atoms with Gasteiger partial charge in [-0.3, -0.25) is 4.79 Å². The van der Waals surface area contributed by atoms with Crippen LogP contribution < -0.4 is 0 Å². The van der Waals surface area contributed by atoms with Crippen molar-refractivity contribution in [3.8, 4) is 0 Å². The van der Waals surface area contributed by atoms with Crippen LogP contribution in [0.15, 0.2) is 54.6 Å². The van der Waals surface area contributed by atoms with Crippen LogP contribution in [0.25, 0.3) is 10.1 Å². The summed E-state index contributed by atoms with van der Waals surface area (Å²) in [5.74, 6) is -1.23. The molecule has 1 amide bonds. The van der Waals surface area contributed by atoms with Gasteiger partial charge in [-0.1, -0.05) is 30.3 Å². The Kier molecular flexibility index (Phi) is 5.32. The smallest absolute Gasteiger partial charge is 0.348 e. The molecule has 0 N–H and O–H groups in total. The number of likely N-dealkylation sites (N-methyl/N-ethyl adjacent to an activating group) is 1. The van der Waals surface area contributed by atoms with Gasteiger partial charge in [0.2, 0.25) is 0 Å². The molecule has 1 atom stereocenters. The summed E-state index contributed by atoms with van der Waals surface area (Å²) in [5.41, 5.74) is 1.00. The second-order valence-electron chi connectivity index (χ2n) is 5.96. The van der Waals surface area contributed by atoms with E-state index in [2.05, 4.69) is 0 Å². The van der Waals surface area contributed by atoms with Crippen molar-refractivity contribution in [2.45, 2.75) is 13.0 Å². The molecular weight excluding hydrogens is 353 g/mol. The molecular formula is C20H18FNO3S. The quantitative estimate of drug-likeness (QED) is 0.624. The van der Waals surface area contributed by atoms with E-state index in [-0.39, 0.29) is 24.4 Å². The maximum atomic E-state index is 13.2. The van der Waals surface area contributed by atoms with Crippen LogP contribution in [0.1, 0.15) is 28.2 Å². The van der Waals surface area contributed by atoms with Gasteiger partial charge in [0.25, 0.3) is 5.91 Å². The SMILES string of the molecule is C[C@@H](c1ccccc1)N(C)C(=O)COC(=O)c1cc2cc(F)ccc2s1. The predicted molar refractivity (Wildman–Crippen MR) is 99.7 cm³/mol. The van der Waals surface area contributed by atoms with E-state index in [0.717, 1.165) is 10.3 Å². The summed E-state index contributed by atoms with van der Waals surface area (Å²) in [5, 5.41) is 0.642. The molecule has 6 heteroatoms. The summed E-state index contributed by atoms with van der Waals surface area (Å²) >= 11 is 1.21. The van der Waals surface area contributed by atoms with Gasteiger partial charge in [0.15, 0.2) is 6.61 Å². The molecule has 0 fully saturated rings. The van der Waals surface area contributed by atoms with E-state index in [9.17, 15) is 14.0 Å². The fourth-order valence-corrected chi connectivity index (χ4v) is 3.52. The number of benzene rings is 2. The van der Waals surface area contributed by atoms with E-state index in [0.29, 0.717) is 10.3 Å². The number of carbonyl (C=O) groups is 2. The summed E-state index contributed by atoms with van der Waals surface area (Å²) in [6, 6.07) is 15.4. The summed E-state index contributed by atoms with van der Waals surface area (Å²) < 4.78 is 19.2. The minimum absolute atomic E-state index is 0.130. The maximum absolute atomic E-state index is 13.2. The first-order chi connectivity index (χ1) is 12.5. The second kappa shape index (κ2) is 7.66. The average Bonchev–Trinajstić information content (AvgIpc) is 3.08. The molecule has 3 aromatic rings. The van der Waals surface area contributed by atoms with Crippen molar-refractivity contribution < 1.29 is 18.7 Å². The third-order valence-electron chi connectivity index (χ3n) is 4.26. The topological polar surface area (TPSA) is 46.6 Å². The Morgan fingerprint density at radius 2 is 1.88 bits per heavy atom. The van der Waals surface area contributed by atoms with Crippen LogP contribution in [0.5, 0.6) is 0 Å². The van der Waals surface area contributed by atoms with Crippen molar-refractivity contribution in [1.29, 1.82) is 0 Å². The van der Waals surface area contributed by atoms with Gasteiger partial charge in [0.1, 0.15) is 10.7 Å². The number of ether oxygens (including phenoxy) is 1. The van der Waals surface area contributed by atoms with Gasteiger partial charge in [0, 0.05) is 11.7 Å². The lowest BCUT2D eigenvalue weighted by Crippen LogP contribution is -2.33. The minimum Gasteiger partial charge on any atom is -0.451 e. The lowest BCUT2D eigenvalue weighted by Gasteiger charge is -2.25. The zero-order chi connectivity index (χ0) is 18.7. The first-order valence-electron chi connectivity index (χ1n) is 8.12. The fraction of sp³-hybridized carbons (Fsp3) is 0.200. The Labute approximate surface area is 154 Å². The molecule has 3 rings (SSSR count). The van der Waals surface area contributed by atoms with Crippen molar-refractivity contribution in [2.24, 2.45) is 0 Å². The molecule has 1 heterocycles. The van der Waals surface area contributed by atoms with Crippen LogP contribution in [0.2, 0.25) is 0 Å². The number of halogens is 1. The normalized spacial score (nSPS) is 12.0. The van der Waals surface area contributed by atoms with Crippen molar-refractivity contribution in [1.82, 2.24) is 4.90 Å². The molecule has 0 aliphatic rings. The highest BCUT2D eigenvalue weighted by Gasteiger charge is 2.20. The van der Waals surface area contributed by atoms with Crippen LogP contribution in [0.3, 0.4) is 0 Å². The average molecular weight is 371 g/mol. The molecule has 4 nitrogen and oxygen atoms in total. The zero-order valence-corrected chi connectivity index (χ0v) is 15.3. The van der Waals surface area contributed by atoms with Crippen LogP contribution in [0, 0.1) is 5.82 Å². The van der Waals surface area contributed by atoms with Crippen molar-refractivity contribution in [2.75, 3.05) is 13.7 Å². The molecule has 0 aliphatic carbocycles. The van der Waals surface area contributed by atoms with Crippen molar-refractivity contribution in [3.63, 3.8) is 0 Å². The molecule has 26 heavy (non-hydrogen) atoms. The minimum atomic E-state index is -0.583. The molecule has 134 valence electrons. The highest BCUT2D eigenvalue weighted by atomic mass is 32.1. The van der Waals surface area contributed by atoms with Gasteiger partial charge in [-0.05, 0) is 42.1 Å².